The van der Waals surface area contributed by atoms with E-state index in [0.29, 0.717) is 0 Å². The topological polar surface area (TPSA) is 72.1 Å². The standard InChI is InChI=1S/C24H35N7.HI/c1-5-25-24(27-15-10-16-30-20(3)17-19(2)28-30)26-14-9-11-22-18-31(29-21(22)4)23-12-7-6-8-13-23;/h6-8,12-13,17-18H,5,9-11,14-16H2,1-4H3,(H2,25,26,27);1H. The maximum Gasteiger partial charge on any atom is 0.191 e. The van der Waals surface area contributed by atoms with Gasteiger partial charge in [0.25, 0.3) is 0 Å². The molecule has 8 heteroatoms. The molecule has 0 bridgehead atoms. The summed E-state index contributed by atoms with van der Waals surface area (Å²) in [4.78, 5) is 4.71. The average molecular weight is 550 g/mol. The van der Waals surface area contributed by atoms with Crippen molar-refractivity contribution in [2.45, 2.75) is 53.5 Å². The van der Waals surface area contributed by atoms with Gasteiger partial charge in [-0.1, -0.05) is 18.2 Å². The van der Waals surface area contributed by atoms with E-state index in [0.717, 1.165) is 68.5 Å². The van der Waals surface area contributed by atoms with E-state index in [2.05, 4.69) is 70.7 Å². The summed E-state index contributed by atoms with van der Waals surface area (Å²) in [7, 11) is 0. The second-order valence-corrected chi connectivity index (χ2v) is 7.81. The van der Waals surface area contributed by atoms with Gasteiger partial charge in [0, 0.05) is 38.1 Å². The lowest BCUT2D eigenvalue weighted by Gasteiger charge is -2.11. The number of halogens is 1. The van der Waals surface area contributed by atoms with Crippen LogP contribution in [0.1, 0.15) is 42.4 Å². The number of aryl methyl sites for hydroxylation is 5. The van der Waals surface area contributed by atoms with Crippen molar-refractivity contribution in [2.75, 3.05) is 19.6 Å². The molecule has 0 spiro atoms. The molecule has 0 fully saturated rings. The third-order valence-corrected chi connectivity index (χ3v) is 5.18. The van der Waals surface area contributed by atoms with Crippen LogP contribution in [-0.2, 0) is 13.0 Å². The van der Waals surface area contributed by atoms with E-state index in [9.17, 15) is 0 Å². The van der Waals surface area contributed by atoms with Crippen molar-refractivity contribution < 1.29 is 0 Å². The van der Waals surface area contributed by atoms with Crippen molar-refractivity contribution in [3.63, 3.8) is 0 Å². The highest BCUT2D eigenvalue weighted by Crippen LogP contribution is 2.13. The van der Waals surface area contributed by atoms with Gasteiger partial charge >= 0.3 is 0 Å². The zero-order chi connectivity index (χ0) is 22.1. The second-order valence-electron chi connectivity index (χ2n) is 7.81. The monoisotopic (exact) mass is 549 g/mol. The molecule has 1 aromatic carbocycles. The average Bonchev–Trinajstić information content (AvgIpc) is 3.29. The van der Waals surface area contributed by atoms with E-state index in [-0.39, 0.29) is 24.0 Å². The van der Waals surface area contributed by atoms with Gasteiger partial charge in [-0.2, -0.15) is 10.2 Å². The first-order valence-electron chi connectivity index (χ1n) is 11.2. The maximum atomic E-state index is 4.71. The number of aliphatic imine (C=N–C) groups is 1. The van der Waals surface area contributed by atoms with Gasteiger partial charge in [0.1, 0.15) is 0 Å². The number of rotatable bonds is 10. The minimum atomic E-state index is 0. The van der Waals surface area contributed by atoms with Gasteiger partial charge in [-0.15, -0.1) is 24.0 Å². The van der Waals surface area contributed by atoms with Crippen LogP contribution in [0.2, 0.25) is 0 Å². The SMILES string of the molecule is CCNC(=NCCCn1nc(C)cc1C)NCCCc1cn(-c2ccccc2)nc1C.I. The third-order valence-electron chi connectivity index (χ3n) is 5.18. The molecule has 32 heavy (non-hydrogen) atoms. The van der Waals surface area contributed by atoms with Gasteiger partial charge < -0.3 is 10.6 Å². The molecule has 2 aromatic heterocycles. The number of aromatic nitrogens is 4. The van der Waals surface area contributed by atoms with Crippen molar-refractivity contribution in [3.05, 3.63) is 65.2 Å². The van der Waals surface area contributed by atoms with Crippen LogP contribution in [0.5, 0.6) is 0 Å². The maximum absolute atomic E-state index is 4.71. The molecule has 174 valence electrons. The summed E-state index contributed by atoms with van der Waals surface area (Å²) in [6, 6.07) is 12.4. The van der Waals surface area contributed by atoms with E-state index in [1.165, 1.54) is 11.3 Å². The second kappa shape index (κ2) is 13.2. The minimum Gasteiger partial charge on any atom is -0.357 e. The van der Waals surface area contributed by atoms with Gasteiger partial charge in [-0.25, -0.2) is 4.68 Å². The molecule has 0 saturated carbocycles. The van der Waals surface area contributed by atoms with Crippen LogP contribution >= 0.6 is 24.0 Å². The Morgan fingerprint density at radius 2 is 1.81 bits per heavy atom. The Labute approximate surface area is 208 Å². The Bertz CT molecular complexity index is 976. The van der Waals surface area contributed by atoms with Crippen molar-refractivity contribution >= 4 is 29.9 Å². The molecule has 2 heterocycles. The summed E-state index contributed by atoms with van der Waals surface area (Å²) < 4.78 is 4.02. The molecule has 0 aliphatic rings. The number of benzene rings is 1. The molecule has 7 nitrogen and oxygen atoms in total. The molecule has 3 aromatic rings. The van der Waals surface area contributed by atoms with E-state index in [1.807, 2.05) is 29.8 Å². The summed E-state index contributed by atoms with van der Waals surface area (Å²) in [5, 5.41) is 16.0. The molecule has 3 rings (SSSR count). The van der Waals surface area contributed by atoms with Crippen molar-refractivity contribution in [1.82, 2.24) is 30.2 Å². The summed E-state index contributed by atoms with van der Waals surface area (Å²) in [6.07, 6.45) is 5.12. The van der Waals surface area contributed by atoms with Gasteiger partial charge in [0.2, 0.25) is 0 Å². The fourth-order valence-electron chi connectivity index (χ4n) is 3.59. The fourth-order valence-corrected chi connectivity index (χ4v) is 3.59. The molecular formula is C24H36IN7. The van der Waals surface area contributed by atoms with E-state index in [1.54, 1.807) is 0 Å². The largest absolute Gasteiger partial charge is 0.357 e. The van der Waals surface area contributed by atoms with Gasteiger partial charge in [0.15, 0.2) is 5.96 Å². The lowest BCUT2D eigenvalue weighted by atomic mass is 10.1. The highest BCUT2D eigenvalue weighted by Gasteiger charge is 2.06. The molecule has 0 saturated heterocycles. The van der Waals surface area contributed by atoms with E-state index >= 15 is 0 Å². The lowest BCUT2D eigenvalue weighted by Crippen LogP contribution is -2.38. The fraction of sp³-hybridized carbons (Fsp3) is 0.458. The predicted octanol–water partition coefficient (Wildman–Crippen LogP) is 4.19. The number of hydrogen-bond donors (Lipinski definition) is 2. The number of para-hydroxylation sites is 1. The number of guanidine groups is 1. The Balaban J connectivity index is 0.00000363. The van der Waals surface area contributed by atoms with Crippen molar-refractivity contribution in [1.29, 1.82) is 0 Å². The minimum absolute atomic E-state index is 0. The van der Waals surface area contributed by atoms with Crippen LogP contribution in [0.4, 0.5) is 0 Å². The first kappa shape index (κ1) is 25.9. The van der Waals surface area contributed by atoms with Crippen LogP contribution in [0.15, 0.2) is 47.6 Å². The highest BCUT2D eigenvalue weighted by atomic mass is 127. The van der Waals surface area contributed by atoms with Crippen LogP contribution in [-0.4, -0.2) is 45.2 Å². The molecule has 2 N–H and O–H groups in total. The smallest absolute Gasteiger partial charge is 0.191 e. The number of nitrogens with zero attached hydrogens (tertiary/aromatic N) is 5. The lowest BCUT2D eigenvalue weighted by molar-refractivity contribution is 0.567. The van der Waals surface area contributed by atoms with Crippen LogP contribution in [0.25, 0.3) is 5.69 Å². The predicted molar refractivity (Wildman–Crippen MR) is 142 cm³/mol. The van der Waals surface area contributed by atoms with Gasteiger partial charge in [-0.3, -0.25) is 9.67 Å². The van der Waals surface area contributed by atoms with Gasteiger partial charge in [-0.05, 0) is 70.7 Å². The molecule has 0 aliphatic carbocycles. The molecule has 0 atom stereocenters. The van der Waals surface area contributed by atoms with E-state index < -0.39 is 0 Å². The summed E-state index contributed by atoms with van der Waals surface area (Å²) in [6.45, 7) is 11.7. The third kappa shape index (κ3) is 7.65. The zero-order valence-corrected chi connectivity index (χ0v) is 22.0. The van der Waals surface area contributed by atoms with Crippen LogP contribution < -0.4 is 10.6 Å². The highest BCUT2D eigenvalue weighted by molar-refractivity contribution is 14.0. The Morgan fingerprint density at radius 1 is 1.03 bits per heavy atom. The molecule has 0 radical (unpaired) electrons. The van der Waals surface area contributed by atoms with Crippen LogP contribution in [0, 0.1) is 20.8 Å². The first-order valence-corrected chi connectivity index (χ1v) is 11.2. The normalized spacial score (nSPS) is 11.3. The van der Waals surface area contributed by atoms with Crippen LogP contribution in [0.3, 0.4) is 0 Å². The Morgan fingerprint density at radius 3 is 2.50 bits per heavy atom. The summed E-state index contributed by atoms with van der Waals surface area (Å²) >= 11 is 0. The van der Waals surface area contributed by atoms with Crippen molar-refractivity contribution in [2.24, 2.45) is 4.99 Å². The molecule has 0 aliphatic heterocycles. The zero-order valence-electron chi connectivity index (χ0n) is 19.6. The van der Waals surface area contributed by atoms with Gasteiger partial charge in [0.05, 0.1) is 17.1 Å². The molecular weight excluding hydrogens is 513 g/mol. The van der Waals surface area contributed by atoms with E-state index in [4.69, 9.17) is 4.99 Å². The number of hydrogen-bond acceptors (Lipinski definition) is 3. The Hall–Kier alpha value is -2.36. The quantitative estimate of drug-likeness (QED) is 0.172. The Kier molecular flexibility index (Phi) is 10.7. The first-order chi connectivity index (χ1) is 15.1. The molecule has 0 unspecified atom stereocenters. The van der Waals surface area contributed by atoms with Crippen molar-refractivity contribution in [3.8, 4) is 5.69 Å². The summed E-state index contributed by atoms with van der Waals surface area (Å²) in [5.41, 5.74) is 5.75. The number of nitrogens with one attached hydrogen (secondary N) is 2. The molecule has 0 amide bonds. The summed E-state index contributed by atoms with van der Waals surface area (Å²) in [5.74, 6) is 0.882.